The first-order valence-corrected chi connectivity index (χ1v) is 8.16. The van der Waals surface area contributed by atoms with Crippen LogP contribution in [0.15, 0.2) is 0 Å². The van der Waals surface area contributed by atoms with Crippen LogP contribution in [0.1, 0.15) is 66.2 Å². The van der Waals surface area contributed by atoms with E-state index in [4.69, 9.17) is 0 Å². The van der Waals surface area contributed by atoms with Crippen molar-refractivity contribution < 1.29 is 0 Å². The molecule has 0 amide bonds. The van der Waals surface area contributed by atoms with Gasteiger partial charge in [0.25, 0.3) is 0 Å². The van der Waals surface area contributed by atoms with E-state index in [1.807, 2.05) is 0 Å². The summed E-state index contributed by atoms with van der Waals surface area (Å²) < 4.78 is 0. The first-order chi connectivity index (χ1) is 8.69. The lowest BCUT2D eigenvalue weighted by Gasteiger charge is -2.36. The predicted octanol–water partition coefficient (Wildman–Crippen LogP) is 3.67. The van der Waals surface area contributed by atoms with E-state index in [9.17, 15) is 0 Å². The summed E-state index contributed by atoms with van der Waals surface area (Å²) in [7, 11) is 0. The molecule has 0 aromatic heterocycles. The Balaban J connectivity index is 2.53. The Bertz CT molecular complexity index is 197. The highest BCUT2D eigenvalue weighted by Crippen LogP contribution is 2.27. The van der Waals surface area contributed by atoms with E-state index in [2.05, 4.69) is 37.9 Å². The van der Waals surface area contributed by atoms with Crippen LogP contribution in [0.3, 0.4) is 0 Å². The Labute approximate surface area is 115 Å². The minimum absolute atomic E-state index is 0.676. The van der Waals surface area contributed by atoms with Gasteiger partial charge in [0.2, 0.25) is 0 Å². The molecule has 0 spiro atoms. The normalized spacial score (nSPS) is 19.7. The van der Waals surface area contributed by atoms with Gasteiger partial charge in [0.15, 0.2) is 0 Å². The van der Waals surface area contributed by atoms with Gasteiger partial charge in [0.1, 0.15) is 0 Å². The van der Waals surface area contributed by atoms with Gasteiger partial charge >= 0.3 is 0 Å². The topological polar surface area (TPSA) is 15.3 Å². The minimum Gasteiger partial charge on any atom is -0.313 e. The van der Waals surface area contributed by atoms with Crippen molar-refractivity contribution in [1.29, 1.82) is 0 Å². The molecule has 108 valence electrons. The monoisotopic (exact) mass is 254 g/mol. The molecule has 0 aromatic rings. The smallest absolute Gasteiger partial charge is 0.0223 e. The second kappa shape index (κ2) is 8.92. The van der Waals surface area contributed by atoms with Crippen LogP contribution >= 0.6 is 0 Å². The van der Waals surface area contributed by atoms with Gasteiger partial charge in [-0.15, -0.1) is 0 Å². The van der Waals surface area contributed by atoms with Crippen molar-refractivity contribution >= 4 is 0 Å². The molecule has 1 aliphatic carbocycles. The summed E-state index contributed by atoms with van der Waals surface area (Å²) in [5.41, 5.74) is 0. The second-order valence-electron chi connectivity index (χ2n) is 6.15. The number of nitrogens with one attached hydrogen (secondary N) is 1. The van der Waals surface area contributed by atoms with Gasteiger partial charge in [-0.05, 0) is 52.1 Å². The molecule has 0 heterocycles. The first kappa shape index (κ1) is 16.0. The molecule has 1 N–H and O–H groups in total. The molecule has 1 aliphatic rings. The van der Waals surface area contributed by atoms with Gasteiger partial charge in [-0.3, -0.25) is 4.90 Å². The third-order valence-electron chi connectivity index (χ3n) is 4.36. The maximum Gasteiger partial charge on any atom is 0.0223 e. The standard InChI is InChI=1S/C16H34N2/c1-5-12-18(14(3)4)13-16(17-6-2)15-10-8-7-9-11-15/h14-17H,5-13H2,1-4H3. The quantitative estimate of drug-likeness (QED) is 0.711. The van der Waals surface area contributed by atoms with E-state index in [1.54, 1.807) is 0 Å². The molecule has 2 heteroatoms. The Morgan fingerprint density at radius 2 is 1.78 bits per heavy atom. The highest BCUT2D eigenvalue weighted by molar-refractivity contribution is 4.82. The number of rotatable bonds is 8. The van der Waals surface area contributed by atoms with Gasteiger partial charge in [-0.2, -0.15) is 0 Å². The van der Waals surface area contributed by atoms with Gasteiger partial charge in [-0.1, -0.05) is 33.1 Å². The SMILES string of the molecule is CCCN(CC(NCC)C1CCCCC1)C(C)C. The molecule has 1 atom stereocenters. The van der Waals surface area contributed by atoms with Crippen molar-refractivity contribution in [3.63, 3.8) is 0 Å². The summed E-state index contributed by atoms with van der Waals surface area (Å²) >= 11 is 0. The van der Waals surface area contributed by atoms with Gasteiger partial charge in [0, 0.05) is 18.6 Å². The summed E-state index contributed by atoms with van der Waals surface area (Å²) in [5, 5.41) is 3.75. The predicted molar refractivity (Wildman–Crippen MR) is 81.0 cm³/mol. The molecule has 0 saturated heterocycles. The van der Waals surface area contributed by atoms with Crippen LogP contribution in [0.5, 0.6) is 0 Å². The number of likely N-dealkylation sites (N-methyl/N-ethyl adjacent to an activating group) is 1. The molecule has 1 saturated carbocycles. The highest BCUT2D eigenvalue weighted by Gasteiger charge is 2.25. The zero-order valence-corrected chi connectivity index (χ0v) is 13.0. The molecule has 0 bridgehead atoms. The average Bonchev–Trinajstić information content (AvgIpc) is 2.38. The van der Waals surface area contributed by atoms with E-state index in [0.29, 0.717) is 12.1 Å². The molecular weight excluding hydrogens is 220 g/mol. The number of hydrogen-bond donors (Lipinski definition) is 1. The highest BCUT2D eigenvalue weighted by atomic mass is 15.2. The summed E-state index contributed by atoms with van der Waals surface area (Å²) in [6, 6.07) is 1.39. The zero-order chi connectivity index (χ0) is 13.4. The molecule has 1 unspecified atom stereocenters. The molecule has 2 nitrogen and oxygen atoms in total. The minimum atomic E-state index is 0.676. The first-order valence-electron chi connectivity index (χ1n) is 8.16. The summed E-state index contributed by atoms with van der Waals surface area (Å²) in [6.45, 7) is 12.8. The van der Waals surface area contributed by atoms with Crippen molar-refractivity contribution in [2.75, 3.05) is 19.6 Å². The maximum atomic E-state index is 3.75. The molecule has 18 heavy (non-hydrogen) atoms. The molecule has 0 aromatic carbocycles. The van der Waals surface area contributed by atoms with E-state index < -0.39 is 0 Å². The van der Waals surface area contributed by atoms with Crippen LogP contribution in [-0.4, -0.2) is 36.6 Å². The number of hydrogen-bond acceptors (Lipinski definition) is 2. The second-order valence-corrected chi connectivity index (χ2v) is 6.15. The molecule has 0 aliphatic heterocycles. The van der Waals surface area contributed by atoms with Crippen molar-refractivity contribution in [3.05, 3.63) is 0 Å². The maximum absolute atomic E-state index is 3.75. The Morgan fingerprint density at radius 3 is 2.28 bits per heavy atom. The Morgan fingerprint density at radius 1 is 1.11 bits per heavy atom. The van der Waals surface area contributed by atoms with Crippen LogP contribution in [0.4, 0.5) is 0 Å². The van der Waals surface area contributed by atoms with E-state index in [-0.39, 0.29) is 0 Å². The van der Waals surface area contributed by atoms with Crippen molar-refractivity contribution in [2.45, 2.75) is 78.3 Å². The Hall–Kier alpha value is -0.0800. The molecular formula is C16H34N2. The lowest BCUT2D eigenvalue weighted by atomic mass is 9.83. The fourth-order valence-corrected chi connectivity index (χ4v) is 3.28. The lowest BCUT2D eigenvalue weighted by Crippen LogP contribution is -2.48. The van der Waals surface area contributed by atoms with Crippen molar-refractivity contribution in [3.8, 4) is 0 Å². The van der Waals surface area contributed by atoms with Crippen LogP contribution in [0, 0.1) is 5.92 Å². The van der Waals surface area contributed by atoms with Gasteiger partial charge < -0.3 is 5.32 Å². The van der Waals surface area contributed by atoms with Crippen LogP contribution in [0.2, 0.25) is 0 Å². The molecule has 0 radical (unpaired) electrons. The van der Waals surface area contributed by atoms with Gasteiger partial charge in [-0.25, -0.2) is 0 Å². The van der Waals surface area contributed by atoms with E-state index >= 15 is 0 Å². The van der Waals surface area contributed by atoms with Crippen LogP contribution in [-0.2, 0) is 0 Å². The largest absolute Gasteiger partial charge is 0.313 e. The van der Waals surface area contributed by atoms with E-state index in [0.717, 1.165) is 12.5 Å². The Kier molecular flexibility index (Phi) is 7.92. The third kappa shape index (κ3) is 5.27. The number of nitrogens with zero attached hydrogens (tertiary/aromatic N) is 1. The van der Waals surface area contributed by atoms with E-state index in [1.165, 1.54) is 51.6 Å². The fourth-order valence-electron chi connectivity index (χ4n) is 3.28. The van der Waals surface area contributed by atoms with Crippen molar-refractivity contribution in [1.82, 2.24) is 10.2 Å². The summed E-state index contributed by atoms with van der Waals surface area (Å²) in [5.74, 6) is 0.914. The summed E-state index contributed by atoms with van der Waals surface area (Å²) in [4.78, 5) is 2.65. The van der Waals surface area contributed by atoms with Crippen molar-refractivity contribution in [2.24, 2.45) is 5.92 Å². The molecule has 1 rings (SSSR count). The van der Waals surface area contributed by atoms with Crippen LogP contribution in [0.25, 0.3) is 0 Å². The average molecular weight is 254 g/mol. The lowest BCUT2D eigenvalue weighted by molar-refractivity contribution is 0.157. The summed E-state index contributed by atoms with van der Waals surface area (Å²) in [6.07, 6.45) is 8.50. The third-order valence-corrected chi connectivity index (χ3v) is 4.36. The van der Waals surface area contributed by atoms with Gasteiger partial charge in [0.05, 0.1) is 0 Å². The fraction of sp³-hybridized carbons (Fsp3) is 1.00. The zero-order valence-electron chi connectivity index (χ0n) is 13.0. The molecule has 1 fully saturated rings. The van der Waals surface area contributed by atoms with Crippen LogP contribution < -0.4 is 5.32 Å².